The second-order valence-corrected chi connectivity index (χ2v) is 7.19. The number of amides is 1. The summed E-state index contributed by atoms with van der Waals surface area (Å²) in [5.41, 5.74) is 5.97. The van der Waals surface area contributed by atoms with E-state index in [1.54, 1.807) is 6.07 Å². The van der Waals surface area contributed by atoms with Crippen molar-refractivity contribution in [2.45, 2.75) is 37.1 Å². The first-order chi connectivity index (χ1) is 10.8. The Hall–Kier alpha value is -1.41. The molecule has 1 aromatic rings. The highest BCUT2D eigenvalue weighted by molar-refractivity contribution is 7.89. The van der Waals surface area contributed by atoms with Gasteiger partial charge in [-0.1, -0.05) is 26.0 Å². The molecule has 1 amide bonds. The molecule has 0 saturated carbocycles. The summed E-state index contributed by atoms with van der Waals surface area (Å²) < 4.78 is 26.5. The lowest BCUT2D eigenvalue weighted by atomic mass is 9.94. The molecule has 0 fully saturated rings. The quantitative estimate of drug-likeness (QED) is 0.573. The van der Waals surface area contributed by atoms with Gasteiger partial charge in [-0.25, -0.2) is 13.1 Å². The number of nitrogens with two attached hydrogens (primary N) is 1. The van der Waals surface area contributed by atoms with Crippen molar-refractivity contribution in [3.8, 4) is 0 Å². The van der Waals surface area contributed by atoms with Crippen LogP contribution in [0.25, 0.3) is 0 Å². The first-order valence-electron chi connectivity index (χ1n) is 7.55. The molecular weight excluding hydrogens is 350 g/mol. The first kappa shape index (κ1) is 22.6. The van der Waals surface area contributed by atoms with Crippen molar-refractivity contribution in [3.05, 3.63) is 42.5 Å². The Morgan fingerprint density at radius 2 is 1.96 bits per heavy atom. The van der Waals surface area contributed by atoms with E-state index in [2.05, 4.69) is 16.6 Å². The third-order valence-corrected chi connectivity index (χ3v) is 5.25. The zero-order chi connectivity index (χ0) is 17.5. The van der Waals surface area contributed by atoms with E-state index in [9.17, 15) is 13.2 Å². The van der Waals surface area contributed by atoms with Crippen LogP contribution in [0.3, 0.4) is 0 Å². The van der Waals surface area contributed by atoms with Crippen molar-refractivity contribution < 1.29 is 13.2 Å². The van der Waals surface area contributed by atoms with Crippen molar-refractivity contribution in [1.82, 2.24) is 10.0 Å². The molecule has 1 aromatic carbocycles. The molecule has 0 aliphatic heterocycles. The van der Waals surface area contributed by atoms with E-state index < -0.39 is 15.6 Å². The van der Waals surface area contributed by atoms with Gasteiger partial charge in [0.1, 0.15) is 0 Å². The summed E-state index contributed by atoms with van der Waals surface area (Å²) in [6.45, 7) is 7.86. The number of carbonyl (C=O) groups is 1. The van der Waals surface area contributed by atoms with Crippen molar-refractivity contribution in [2.75, 3.05) is 13.1 Å². The molecule has 0 radical (unpaired) electrons. The van der Waals surface area contributed by atoms with Crippen LogP contribution >= 0.6 is 12.4 Å². The third-order valence-electron chi connectivity index (χ3n) is 3.83. The van der Waals surface area contributed by atoms with Gasteiger partial charge in [0.25, 0.3) is 5.91 Å². The second kappa shape index (κ2) is 9.78. The lowest BCUT2D eigenvalue weighted by Crippen LogP contribution is -2.49. The molecule has 0 aromatic heterocycles. The lowest BCUT2D eigenvalue weighted by Gasteiger charge is -2.26. The predicted molar refractivity (Wildman–Crippen MR) is 98.9 cm³/mol. The standard InChI is InChI=1S/C16H25N3O3S.ClH/c1-4-10-19-23(21,22)14-9-7-8-13(11-14)15(20)18-12-16(17,5-2)6-3;/h4,7-9,11,19H,1,5-6,10,12,17H2,2-3H3,(H,18,20);1H. The fraction of sp³-hybridized carbons (Fsp3) is 0.438. The Morgan fingerprint density at radius 1 is 1.33 bits per heavy atom. The largest absolute Gasteiger partial charge is 0.350 e. The summed E-state index contributed by atoms with van der Waals surface area (Å²) in [5, 5.41) is 2.77. The molecule has 0 heterocycles. The van der Waals surface area contributed by atoms with Gasteiger partial charge >= 0.3 is 0 Å². The summed E-state index contributed by atoms with van der Waals surface area (Å²) in [7, 11) is -3.66. The number of benzene rings is 1. The van der Waals surface area contributed by atoms with Gasteiger partial charge in [0.15, 0.2) is 0 Å². The zero-order valence-corrected chi connectivity index (χ0v) is 15.7. The van der Waals surface area contributed by atoms with Crippen LogP contribution in [0.15, 0.2) is 41.8 Å². The molecule has 0 aliphatic rings. The van der Waals surface area contributed by atoms with E-state index in [-0.39, 0.29) is 35.3 Å². The number of hydrogen-bond acceptors (Lipinski definition) is 4. The van der Waals surface area contributed by atoms with Crippen LogP contribution in [-0.4, -0.2) is 33.0 Å². The van der Waals surface area contributed by atoms with Crippen LogP contribution in [0.4, 0.5) is 0 Å². The highest BCUT2D eigenvalue weighted by Crippen LogP contribution is 2.13. The van der Waals surface area contributed by atoms with Crippen LogP contribution in [0.2, 0.25) is 0 Å². The number of carbonyl (C=O) groups excluding carboxylic acids is 1. The van der Waals surface area contributed by atoms with Gasteiger partial charge in [0.2, 0.25) is 10.0 Å². The molecule has 24 heavy (non-hydrogen) atoms. The van der Waals surface area contributed by atoms with Gasteiger partial charge in [0.05, 0.1) is 4.90 Å². The molecule has 0 bridgehead atoms. The minimum absolute atomic E-state index is 0. The fourth-order valence-electron chi connectivity index (χ4n) is 1.91. The number of hydrogen-bond donors (Lipinski definition) is 3. The predicted octanol–water partition coefficient (Wildman–Crippen LogP) is 1.82. The number of rotatable bonds is 9. The normalized spacial score (nSPS) is 11.5. The van der Waals surface area contributed by atoms with E-state index in [0.29, 0.717) is 6.54 Å². The van der Waals surface area contributed by atoms with Gasteiger partial charge in [-0.05, 0) is 31.0 Å². The van der Waals surface area contributed by atoms with Gasteiger partial charge in [-0.3, -0.25) is 4.79 Å². The minimum Gasteiger partial charge on any atom is -0.350 e. The maximum absolute atomic E-state index is 12.2. The van der Waals surface area contributed by atoms with E-state index in [0.717, 1.165) is 12.8 Å². The van der Waals surface area contributed by atoms with Crippen molar-refractivity contribution >= 4 is 28.3 Å². The molecule has 136 valence electrons. The van der Waals surface area contributed by atoms with Gasteiger partial charge < -0.3 is 11.1 Å². The molecule has 6 nitrogen and oxygen atoms in total. The summed E-state index contributed by atoms with van der Waals surface area (Å²) in [4.78, 5) is 12.3. The maximum atomic E-state index is 12.2. The summed E-state index contributed by atoms with van der Waals surface area (Å²) >= 11 is 0. The van der Waals surface area contributed by atoms with Crippen LogP contribution in [0.1, 0.15) is 37.0 Å². The zero-order valence-electron chi connectivity index (χ0n) is 14.0. The SMILES string of the molecule is C=CCNS(=O)(=O)c1cccc(C(=O)NCC(N)(CC)CC)c1.Cl. The lowest BCUT2D eigenvalue weighted by molar-refractivity contribution is 0.0942. The maximum Gasteiger partial charge on any atom is 0.251 e. The van der Waals surface area contributed by atoms with E-state index in [1.165, 1.54) is 24.3 Å². The van der Waals surface area contributed by atoms with Crippen LogP contribution in [-0.2, 0) is 10.0 Å². The molecule has 0 saturated heterocycles. The Bertz CT molecular complexity index is 658. The Kier molecular flexibility index (Phi) is 9.21. The molecule has 0 unspecified atom stereocenters. The summed E-state index contributed by atoms with van der Waals surface area (Å²) in [5.74, 6) is -0.345. The van der Waals surface area contributed by atoms with E-state index in [4.69, 9.17) is 5.73 Å². The van der Waals surface area contributed by atoms with Crippen molar-refractivity contribution in [1.29, 1.82) is 0 Å². The van der Waals surface area contributed by atoms with Crippen LogP contribution in [0.5, 0.6) is 0 Å². The second-order valence-electron chi connectivity index (χ2n) is 5.42. The Balaban J connectivity index is 0.00000529. The molecule has 1 rings (SSSR count). The molecular formula is C16H26ClN3O3S. The van der Waals surface area contributed by atoms with Crippen LogP contribution < -0.4 is 15.8 Å². The van der Waals surface area contributed by atoms with E-state index in [1.807, 2.05) is 13.8 Å². The molecule has 4 N–H and O–H groups in total. The summed E-state index contributed by atoms with van der Waals surface area (Å²) in [6.07, 6.45) is 2.93. The van der Waals surface area contributed by atoms with Gasteiger partial charge in [0, 0.05) is 24.2 Å². The third kappa shape index (κ3) is 6.24. The van der Waals surface area contributed by atoms with E-state index >= 15 is 0 Å². The Labute approximate surface area is 150 Å². The average Bonchev–Trinajstić information content (AvgIpc) is 2.57. The summed E-state index contributed by atoms with van der Waals surface area (Å²) in [6, 6.07) is 5.88. The van der Waals surface area contributed by atoms with Gasteiger partial charge in [-0.2, -0.15) is 0 Å². The fourth-order valence-corrected chi connectivity index (χ4v) is 2.96. The smallest absolute Gasteiger partial charge is 0.251 e. The topological polar surface area (TPSA) is 101 Å². The first-order valence-corrected chi connectivity index (χ1v) is 9.04. The monoisotopic (exact) mass is 375 g/mol. The van der Waals surface area contributed by atoms with Crippen molar-refractivity contribution in [3.63, 3.8) is 0 Å². The molecule has 8 heteroatoms. The molecule has 0 spiro atoms. The highest BCUT2D eigenvalue weighted by Gasteiger charge is 2.22. The highest BCUT2D eigenvalue weighted by atomic mass is 35.5. The minimum atomic E-state index is -3.66. The number of halogens is 1. The average molecular weight is 376 g/mol. The number of sulfonamides is 1. The van der Waals surface area contributed by atoms with Crippen LogP contribution in [0, 0.1) is 0 Å². The van der Waals surface area contributed by atoms with Crippen molar-refractivity contribution in [2.24, 2.45) is 5.73 Å². The Morgan fingerprint density at radius 3 is 2.50 bits per heavy atom. The van der Waals surface area contributed by atoms with Gasteiger partial charge in [-0.15, -0.1) is 19.0 Å². The number of nitrogens with one attached hydrogen (secondary N) is 2. The molecule has 0 aliphatic carbocycles. The molecule has 0 atom stereocenters.